The Bertz CT molecular complexity index is 1470. The van der Waals surface area contributed by atoms with Crippen molar-refractivity contribution in [1.29, 1.82) is 0 Å². The fourth-order valence-corrected chi connectivity index (χ4v) is 6.28. The van der Waals surface area contributed by atoms with E-state index in [1.807, 2.05) is 12.1 Å². The zero-order valence-electron chi connectivity index (χ0n) is 22.5. The van der Waals surface area contributed by atoms with E-state index in [2.05, 4.69) is 49.4 Å². The zero-order chi connectivity index (χ0) is 26.8. The number of hydrogen-bond acceptors (Lipinski definition) is 6. The number of aromatic amines is 1. The van der Waals surface area contributed by atoms with Crippen molar-refractivity contribution < 1.29 is 4.39 Å². The number of piperazine rings is 1. The third-order valence-corrected chi connectivity index (χ3v) is 8.50. The second-order valence-electron chi connectivity index (χ2n) is 10.9. The molecule has 2 fully saturated rings. The van der Waals surface area contributed by atoms with E-state index < -0.39 is 6.04 Å². The van der Waals surface area contributed by atoms with E-state index >= 15 is 0 Å². The van der Waals surface area contributed by atoms with Crippen LogP contribution in [0.15, 0.2) is 53.3 Å². The smallest absolute Gasteiger partial charge is 0.253 e. The van der Waals surface area contributed by atoms with Crippen LogP contribution in [0.3, 0.4) is 0 Å². The molecular formula is C30H36FN7O. The molecule has 4 aromatic rings. The van der Waals surface area contributed by atoms with Crippen LogP contribution in [0.25, 0.3) is 10.9 Å². The summed E-state index contributed by atoms with van der Waals surface area (Å²) in [5, 5.41) is 13.8. The quantitative estimate of drug-likeness (QED) is 0.384. The normalized spacial score (nSPS) is 18.5. The van der Waals surface area contributed by atoms with Crippen molar-refractivity contribution in [3.05, 3.63) is 87.2 Å². The fraction of sp³-hybridized carbons (Fsp3) is 0.467. The maximum Gasteiger partial charge on any atom is 0.253 e. The van der Waals surface area contributed by atoms with Crippen LogP contribution in [0.2, 0.25) is 0 Å². The summed E-state index contributed by atoms with van der Waals surface area (Å²) >= 11 is 0. The Hall–Kier alpha value is -3.43. The van der Waals surface area contributed by atoms with Crippen LogP contribution in [0.1, 0.15) is 67.6 Å². The Morgan fingerprint density at radius 2 is 1.72 bits per heavy atom. The van der Waals surface area contributed by atoms with Gasteiger partial charge in [-0.1, -0.05) is 44.4 Å². The SMILES string of the molecule is CCc1ccc2[nH]c(=O)c(C(c3nnnn3Cc3ccc(F)cc3)N3CCN(C4CCCCC4)CC3)cc2c1. The van der Waals surface area contributed by atoms with Gasteiger partial charge in [0.15, 0.2) is 5.82 Å². The Labute approximate surface area is 227 Å². The molecule has 6 rings (SSSR count). The fourth-order valence-electron chi connectivity index (χ4n) is 6.28. The van der Waals surface area contributed by atoms with Crippen molar-refractivity contribution in [3.8, 4) is 0 Å². The molecule has 2 aromatic carbocycles. The molecule has 3 heterocycles. The highest BCUT2D eigenvalue weighted by molar-refractivity contribution is 5.80. The number of nitrogens with zero attached hydrogens (tertiary/aromatic N) is 6. The maximum absolute atomic E-state index is 13.6. The number of aryl methyl sites for hydroxylation is 1. The van der Waals surface area contributed by atoms with Crippen LogP contribution in [0.5, 0.6) is 0 Å². The Kier molecular flexibility index (Phi) is 7.52. The van der Waals surface area contributed by atoms with E-state index in [9.17, 15) is 9.18 Å². The molecule has 1 atom stereocenters. The molecule has 1 N–H and O–H groups in total. The Morgan fingerprint density at radius 3 is 2.46 bits per heavy atom. The van der Waals surface area contributed by atoms with Gasteiger partial charge in [-0.25, -0.2) is 9.07 Å². The van der Waals surface area contributed by atoms with E-state index in [-0.39, 0.29) is 11.4 Å². The second-order valence-corrected chi connectivity index (χ2v) is 10.9. The van der Waals surface area contributed by atoms with E-state index in [1.165, 1.54) is 49.8 Å². The molecule has 204 valence electrons. The summed E-state index contributed by atoms with van der Waals surface area (Å²) in [6, 6.07) is 14.9. The first-order valence-electron chi connectivity index (χ1n) is 14.2. The monoisotopic (exact) mass is 529 g/mol. The minimum atomic E-state index is -0.396. The van der Waals surface area contributed by atoms with E-state index in [1.54, 1.807) is 16.8 Å². The zero-order valence-corrected chi connectivity index (χ0v) is 22.5. The predicted octanol–water partition coefficient (Wildman–Crippen LogP) is 4.30. The van der Waals surface area contributed by atoms with Gasteiger partial charge in [-0.2, -0.15) is 0 Å². The number of tetrazole rings is 1. The number of benzene rings is 2. The maximum atomic E-state index is 13.6. The van der Waals surface area contributed by atoms with E-state index in [0.717, 1.165) is 49.1 Å². The molecule has 0 radical (unpaired) electrons. The highest BCUT2D eigenvalue weighted by atomic mass is 19.1. The van der Waals surface area contributed by atoms with Crippen LogP contribution in [-0.4, -0.2) is 67.2 Å². The number of halogens is 1. The molecule has 0 amide bonds. The van der Waals surface area contributed by atoms with Crippen molar-refractivity contribution >= 4 is 10.9 Å². The number of hydrogen-bond donors (Lipinski definition) is 1. The average molecular weight is 530 g/mol. The lowest BCUT2D eigenvalue weighted by Crippen LogP contribution is -2.52. The van der Waals surface area contributed by atoms with Gasteiger partial charge in [0.1, 0.15) is 11.9 Å². The van der Waals surface area contributed by atoms with Gasteiger partial charge in [-0.05, 0) is 76.5 Å². The first kappa shape index (κ1) is 25.8. The minimum absolute atomic E-state index is 0.122. The van der Waals surface area contributed by atoms with Crippen molar-refractivity contribution in [2.45, 2.75) is 64.1 Å². The van der Waals surface area contributed by atoms with Crippen molar-refractivity contribution in [2.75, 3.05) is 26.2 Å². The van der Waals surface area contributed by atoms with Crippen LogP contribution in [-0.2, 0) is 13.0 Å². The van der Waals surface area contributed by atoms with Gasteiger partial charge in [0.05, 0.1) is 6.54 Å². The average Bonchev–Trinajstić information content (AvgIpc) is 3.42. The highest BCUT2D eigenvalue weighted by Crippen LogP contribution is 2.30. The number of fused-ring (bicyclic) bond motifs is 1. The van der Waals surface area contributed by atoms with Gasteiger partial charge in [0, 0.05) is 43.3 Å². The van der Waals surface area contributed by atoms with E-state index in [0.29, 0.717) is 24.0 Å². The summed E-state index contributed by atoms with van der Waals surface area (Å²) in [6.45, 7) is 6.12. The number of pyridine rings is 1. The van der Waals surface area contributed by atoms with Gasteiger partial charge in [0.2, 0.25) is 0 Å². The lowest BCUT2D eigenvalue weighted by Gasteiger charge is -2.43. The lowest BCUT2D eigenvalue weighted by atomic mass is 9.93. The minimum Gasteiger partial charge on any atom is -0.322 e. The Morgan fingerprint density at radius 1 is 0.974 bits per heavy atom. The van der Waals surface area contributed by atoms with Gasteiger partial charge in [-0.15, -0.1) is 5.10 Å². The molecule has 1 unspecified atom stereocenters. The molecule has 9 heteroatoms. The third kappa shape index (κ3) is 5.51. The van der Waals surface area contributed by atoms with Crippen molar-refractivity contribution in [3.63, 3.8) is 0 Å². The van der Waals surface area contributed by atoms with Crippen LogP contribution < -0.4 is 5.56 Å². The first-order valence-corrected chi connectivity index (χ1v) is 14.2. The number of H-pyrrole nitrogens is 1. The van der Waals surface area contributed by atoms with Gasteiger partial charge in [0.25, 0.3) is 5.56 Å². The molecule has 1 saturated carbocycles. The molecule has 8 nitrogen and oxygen atoms in total. The summed E-state index contributed by atoms with van der Waals surface area (Å²) in [6.07, 6.45) is 7.47. The molecular weight excluding hydrogens is 493 g/mol. The van der Waals surface area contributed by atoms with Gasteiger partial charge in [-0.3, -0.25) is 14.6 Å². The summed E-state index contributed by atoms with van der Waals surface area (Å²) in [7, 11) is 0. The van der Waals surface area contributed by atoms with Crippen LogP contribution >= 0.6 is 0 Å². The lowest BCUT2D eigenvalue weighted by molar-refractivity contribution is 0.0618. The number of aromatic nitrogens is 5. The molecule has 1 saturated heterocycles. The van der Waals surface area contributed by atoms with Crippen molar-refractivity contribution in [1.82, 2.24) is 35.0 Å². The molecule has 1 aliphatic carbocycles. The molecule has 39 heavy (non-hydrogen) atoms. The topological polar surface area (TPSA) is 82.9 Å². The molecule has 1 aliphatic heterocycles. The Balaban J connectivity index is 1.37. The van der Waals surface area contributed by atoms with Crippen LogP contribution in [0.4, 0.5) is 4.39 Å². The number of rotatable bonds is 7. The largest absolute Gasteiger partial charge is 0.322 e. The molecule has 0 spiro atoms. The van der Waals surface area contributed by atoms with Crippen molar-refractivity contribution in [2.24, 2.45) is 0 Å². The summed E-state index contributed by atoms with van der Waals surface area (Å²) in [5.74, 6) is 0.348. The summed E-state index contributed by atoms with van der Waals surface area (Å²) in [4.78, 5) is 21.7. The second kappa shape index (κ2) is 11.4. The third-order valence-electron chi connectivity index (χ3n) is 8.50. The summed E-state index contributed by atoms with van der Waals surface area (Å²) in [5.41, 5.74) is 3.47. The highest BCUT2D eigenvalue weighted by Gasteiger charge is 2.34. The number of nitrogens with one attached hydrogen (secondary N) is 1. The van der Waals surface area contributed by atoms with Gasteiger partial charge >= 0.3 is 0 Å². The van der Waals surface area contributed by atoms with Gasteiger partial charge < -0.3 is 4.98 Å². The van der Waals surface area contributed by atoms with E-state index in [4.69, 9.17) is 0 Å². The predicted molar refractivity (Wildman–Crippen MR) is 149 cm³/mol. The first-order chi connectivity index (χ1) is 19.1. The molecule has 2 aliphatic rings. The molecule has 0 bridgehead atoms. The standard InChI is InChI=1S/C30H36FN7O/c1-2-21-10-13-27-23(18-21)19-26(30(39)32-27)28(37-16-14-36(15-17-37)25-6-4-3-5-7-25)29-33-34-35-38(29)20-22-8-11-24(31)12-9-22/h8-13,18-19,25,28H,2-7,14-17,20H2,1H3,(H,32,39). The van der Waals surface area contributed by atoms with Crippen LogP contribution in [0, 0.1) is 5.82 Å². The molecule has 2 aromatic heterocycles. The summed E-state index contributed by atoms with van der Waals surface area (Å²) < 4.78 is 15.3.